The normalized spacial score (nSPS) is 16.2. The van der Waals surface area contributed by atoms with E-state index in [9.17, 15) is 4.79 Å². The maximum absolute atomic E-state index is 12.9. The summed E-state index contributed by atoms with van der Waals surface area (Å²) in [5.74, 6) is 0.0854. The van der Waals surface area contributed by atoms with Gasteiger partial charge in [0.1, 0.15) is 5.54 Å². The Hall–Kier alpha value is -1.85. The van der Waals surface area contributed by atoms with Crippen LogP contribution in [0.3, 0.4) is 0 Å². The molecule has 1 aliphatic rings. The Balaban J connectivity index is 1.58. The second-order valence-corrected chi connectivity index (χ2v) is 7.65. The first-order chi connectivity index (χ1) is 11.9. The predicted molar refractivity (Wildman–Crippen MR) is 99.6 cm³/mol. The minimum atomic E-state index is -0.730. The molecule has 0 bridgehead atoms. The minimum Gasteiger partial charge on any atom is -0.338 e. The van der Waals surface area contributed by atoms with Gasteiger partial charge in [-0.3, -0.25) is 14.4 Å². The number of rotatable bonds is 4. The van der Waals surface area contributed by atoms with E-state index in [1.165, 1.54) is 11.1 Å². The molecule has 1 aromatic carbocycles. The van der Waals surface area contributed by atoms with Crippen molar-refractivity contribution < 1.29 is 4.79 Å². The van der Waals surface area contributed by atoms with Crippen LogP contribution in [-0.2, 0) is 16.9 Å². The predicted octanol–water partition coefficient (Wildman–Crippen LogP) is 2.92. The Labute approximate surface area is 154 Å². The lowest BCUT2D eigenvalue weighted by atomic mass is 10.0. The Kier molecular flexibility index (Phi) is 5.16. The molecular weight excluding hydrogens is 336 g/mol. The highest BCUT2D eigenvalue weighted by Crippen LogP contribution is 2.21. The highest BCUT2D eigenvalue weighted by Gasteiger charge is 2.35. The first kappa shape index (κ1) is 18.0. The standard InChI is InChI=1S/C19H25ClN4O/c1-15-4-6-16(7-5-15)13-22-8-10-23(11-9-22)18(25)19(2,3)24-14-17(20)12-21-24/h4-7,12,14H,8-11,13H2,1-3H3. The third-order valence-corrected chi connectivity index (χ3v) is 5.03. The molecule has 0 radical (unpaired) electrons. The zero-order valence-electron chi connectivity index (χ0n) is 15.1. The molecular formula is C19H25ClN4O. The number of halogens is 1. The average Bonchev–Trinajstić information content (AvgIpc) is 3.04. The topological polar surface area (TPSA) is 41.4 Å². The zero-order chi connectivity index (χ0) is 18.0. The van der Waals surface area contributed by atoms with Gasteiger partial charge in [-0.05, 0) is 26.3 Å². The molecule has 0 spiro atoms. The van der Waals surface area contributed by atoms with Crippen molar-refractivity contribution in [3.8, 4) is 0 Å². The van der Waals surface area contributed by atoms with Gasteiger partial charge >= 0.3 is 0 Å². The first-order valence-electron chi connectivity index (χ1n) is 8.64. The third-order valence-electron chi connectivity index (χ3n) is 4.83. The lowest BCUT2D eigenvalue weighted by Gasteiger charge is -2.38. The SMILES string of the molecule is Cc1ccc(CN2CCN(C(=O)C(C)(C)n3cc(Cl)cn3)CC2)cc1. The van der Waals surface area contributed by atoms with E-state index >= 15 is 0 Å². The van der Waals surface area contributed by atoms with Crippen molar-refractivity contribution in [1.82, 2.24) is 19.6 Å². The van der Waals surface area contributed by atoms with Crippen LogP contribution < -0.4 is 0 Å². The molecule has 0 saturated carbocycles. The van der Waals surface area contributed by atoms with E-state index in [1.54, 1.807) is 17.1 Å². The molecule has 1 amide bonds. The van der Waals surface area contributed by atoms with Gasteiger partial charge in [-0.2, -0.15) is 5.10 Å². The molecule has 5 nitrogen and oxygen atoms in total. The van der Waals surface area contributed by atoms with E-state index in [1.807, 2.05) is 18.7 Å². The smallest absolute Gasteiger partial charge is 0.250 e. The maximum Gasteiger partial charge on any atom is 0.250 e. The largest absolute Gasteiger partial charge is 0.338 e. The lowest BCUT2D eigenvalue weighted by molar-refractivity contribution is -0.141. The summed E-state index contributed by atoms with van der Waals surface area (Å²) in [5, 5.41) is 4.75. The highest BCUT2D eigenvalue weighted by atomic mass is 35.5. The third kappa shape index (κ3) is 4.05. The van der Waals surface area contributed by atoms with Crippen LogP contribution in [0.2, 0.25) is 5.02 Å². The van der Waals surface area contributed by atoms with E-state index < -0.39 is 5.54 Å². The molecule has 2 heterocycles. The molecule has 6 heteroatoms. The summed E-state index contributed by atoms with van der Waals surface area (Å²) in [6, 6.07) is 8.65. The van der Waals surface area contributed by atoms with Gasteiger partial charge in [0.15, 0.2) is 0 Å². The molecule has 0 atom stereocenters. The number of carbonyl (C=O) groups excluding carboxylic acids is 1. The maximum atomic E-state index is 12.9. The van der Waals surface area contributed by atoms with E-state index in [4.69, 9.17) is 11.6 Å². The van der Waals surface area contributed by atoms with Crippen molar-refractivity contribution in [1.29, 1.82) is 0 Å². The van der Waals surface area contributed by atoms with Crippen molar-refractivity contribution in [3.05, 3.63) is 52.8 Å². The summed E-state index contributed by atoms with van der Waals surface area (Å²) in [7, 11) is 0. The number of carbonyl (C=O) groups is 1. The fourth-order valence-corrected chi connectivity index (χ4v) is 3.29. The van der Waals surface area contributed by atoms with Crippen LogP contribution in [0.1, 0.15) is 25.0 Å². The van der Waals surface area contributed by atoms with Crippen LogP contribution in [0.15, 0.2) is 36.7 Å². The molecule has 3 rings (SSSR count). The molecule has 2 aromatic rings. The molecule has 0 aliphatic carbocycles. The summed E-state index contributed by atoms with van der Waals surface area (Å²) in [4.78, 5) is 17.3. The Morgan fingerprint density at radius 3 is 2.36 bits per heavy atom. The minimum absolute atomic E-state index is 0.0854. The molecule has 0 unspecified atom stereocenters. The number of benzene rings is 1. The second kappa shape index (κ2) is 7.18. The number of aromatic nitrogens is 2. The quantitative estimate of drug-likeness (QED) is 0.841. The van der Waals surface area contributed by atoms with Gasteiger partial charge in [-0.15, -0.1) is 0 Å². The van der Waals surface area contributed by atoms with Crippen LogP contribution >= 0.6 is 11.6 Å². The fraction of sp³-hybridized carbons (Fsp3) is 0.474. The van der Waals surface area contributed by atoms with Gasteiger partial charge in [0, 0.05) is 38.9 Å². The van der Waals surface area contributed by atoms with E-state index in [-0.39, 0.29) is 5.91 Å². The highest BCUT2D eigenvalue weighted by molar-refractivity contribution is 6.30. The summed E-state index contributed by atoms with van der Waals surface area (Å²) in [5.41, 5.74) is 1.86. The van der Waals surface area contributed by atoms with Gasteiger partial charge in [-0.1, -0.05) is 41.4 Å². The molecule has 0 N–H and O–H groups in total. The van der Waals surface area contributed by atoms with Gasteiger partial charge in [0.05, 0.1) is 11.2 Å². The Bertz CT molecular complexity index is 730. The van der Waals surface area contributed by atoms with Crippen LogP contribution in [-0.4, -0.2) is 51.7 Å². The fourth-order valence-electron chi connectivity index (χ4n) is 3.15. The van der Waals surface area contributed by atoms with Gasteiger partial charge in [0.2, 0.25) is 5.91 Å². The van der Waals surface area contributed by atoms with Gasteiger partial charge in [-0.25, -0.2) is 0 Å². The summed E-state index contributed by atoms with van der Waals surface area (Å²) < 4.78 is 1.65. The molecule has 1 fully saturated rings. The van der Waals surface area contributed by atoms with Crippen molar-refractivity contribution in [2.24, 2.45) is 0 Å². The van der Waals surface area contributed by atoms with E-state index in [0.717, 1.165) is 32.7 Å². The van der Waals surface area contributed by atoms with Gasteiger partial charge in [0.25, 0.3) is 0 Å². The number of nitrogens with zero attached hydrogens (tertiary/aromatic N) is 4. The lowest BCUT2D eigenvalue weighted by Crippen LogP contribution is -2.54. The van der Waals surface area contributed by atoms with Crippen LogP contribution in [0.25, 0.3) is 0 Å². The average molecular weight is 361 g/mol. The monoisotopic (exact) mass is 360 g/mol. The molecule has 134 valence electrons. The first-order valence-corrected chi connectivity index (χ1v) is 9.02. The van der Waals surface area contributed by atoms with Crippen molar-refractivity contribution in [2.75, 3.05) is 26.2 Å². The summed E-state index contributed by atoms with van der Waals surface area (Å²) in [6.07, 6.45) is 3.27. The van der Waals surface area contributed by atoms with Crippen molar-refractivity contribution in [2.45, 2.75) is 32.9 Å². The Morgan fingerprint density at radius 1 is 1.16 bits per heavy atom. The zero-order valence-corrected chi connectivity index (χ0v) is 15.8. The molecule has 1 saturated heterocycles. The van der Waals surface area contributed by atoms with E-state index in [2.05, 4.69) is 41.2 Å². The van der Waals surface area contributed by atoms with Crippen molar-refractivity contribution >= 4 is 17.5 Å². The molecule has 25 heavy (non-hydrogen) atoms. The molecule has 1 aromatic heterocycles. The van der Waals surface area contributed by atoms with E-state index in [0.29, 0.717) is 5.02 Å². The van der Waals surface area contributed by atoms with Crippen LogP contribution in [0, 0.1) is 6.92 Å². The Morgan fingerprint density at radius 2 is 1.80 bits per heavy atom. The van der Waals surface area contributed by atoms with Crippen LogP contribution in [0.4, 0.5) is 0 Å². The summed E-state index contributed by atoms with van der Waals surface area (Å²) >= 11 is 5.95. The van der Waals surface area contributed by atoms with Crippen LogP contribution in [0.5, 0.6) is 0 Å². The second-order valence-electron chi connectivity index (χ2n) is 7.22. The van der Waals surface area contributed by atoms with Gasteiger partial charge < -0.3 is 4.90 Å². The number of piperazine rings is 1. The number of hydrogen-bond acceptors (Lipinski definition) is 3. The molecule has 1 aliphatic heterocycles. The summed E-state index contributed by atoms with van der Waals surface area (Å²) in [6.45, 7) is 10.1. The number of aryl methyl sites for hydroxylation is 1. The number of amides is 1. The number of hydrogen-bond donors (Lipinski definition) is 0. The van der Waals surface area contributed by atoms with Crippen molar-refractivity contribution in [3.63, 3.8) is 0 Å².